The number of benzene rings is 1. The highest BCUT2D eigenvalue weighted by Crippen LogP contribution is 2.21. The maximum Gasteiger partial charge on any atom is 0.428 e. The van der Waals surface area contributed by atoms with E-state index in [1.807, 2.05) is 6.92 Å². The normalized spacial score (nSPS) is 11.9. The van der Waals surface area contributed by atoms with E-state index in [-0.39, 0.29) is 6.61 Å². The molecule has 5 nitrogen and oxygen atoms in total. The average Bonchev–Trinajstić information content (AvgIpc) is 2.29. The molecule has 0 saturated carbocycles. The molecule has 0 saturated heterocycles. The molecule has 0 radical (unpaired) electrons. The van der Waals surface area contributed by atoms with Crippen LogP contribution in [0.15, 0.2) is 28.7 Å². The molecule has 0 heterocycles. The van der Waals surface area contributed by atoms with Gasteiger partial charge in [-0.3, -0.25) is 4.55 Å². The highest BCUT2D eigenvalue weighted by molar-refractivity contribution is 9.10. The average molecular weight is 336 g/mol. The monoisotopic (exact) mass is 335 g/mol. The molecule has 0 aliphatic rings. The third kappa shape index (κ3) is 4.40. The van der Waals surface area contributed by atoms with Gasteiger partial charge in [-0.15, -0.1) is 0 Å². The predicted octanol–water partition coefficient (Wildman–Crippen LogP) is 3.33. The second-order valence-electron chi connectivity index (χ2n) is 3.47. The Kier molecular flexibility index (Phi) is 6.31. The number of halogens is 1. The van der Waals surface area contributed by atoms with E-state index in [0.717, 1.165) is 12.8 Å². The van der Waals surface area contributed by atoms with E-state index in [0.29, 0.717) is 14.5 Å². The maximum atomic E-state index is 11.7. The Balaban J connectivity index is 2.83. The van der Waals surface area contributed by atoms with Crippen LogP contribution in [0.1, 0.15) is 19.8 Å². The number of nitrogens with zero attached hydrogens (tertiary/aromatic N) is 1. The van der Waals surface area contributed by atoms with Gasteiger partial charge in [0, 0.05) is 4.47 Å². The number of rotatable bonds is 5. The van der Waals surface area contributed by atoms with Crippen molar-refractivity contribution in [2.75, 3.05) is 10.9 Å². The molecule has 0 aromatic heterocycles. The lowest BCUT2D eigenvalue weighted by Crippen LogP contribution is -2.33. The predicted molar refractivity (Wildman–Crippen MR) is 73.6 cm³/mol. The van der Waals surface area contributed by atoms with Crippen molar-refractivity contribution in [2.45, 2.75) is 19.8 Å². The summed E-state index contributed by atoms with van der Waals surface area (Å²) in [6.45, 7) is 2.20. The first-order valence-electron chi connectivity index (χ1n) is 5.39. The highest BCUT2D eigenvalue weighted by Gasteiger charge is 2.22. The van der Waals surface area contributed by atoms with Crippen LogP contribution in [0.25, 0.3) is 0 Å². The minimum atomic E-state index is -2.46. The molecule has 0 aliphatic heterocycles. The summed E-state index contributed by atoms with van der Waals surface area (Å²) in [7, 11) is 0. The molecular weight excluding hydrogens is 322 g/mol. The second kappa shape index (κ2) is 7.50. The van der Waals surface area contributed by atoms with Crippen LogP contribution in [0.5, 0.6) is 0 Å². The Labute approximate surface area is 117 Å². The van der Waals surface area contributed by atoms with Crippen LogP contribution in [0.3, 0.4) is 0 Å². The van der Waals surface area contributed by atoms with Gasteiger partial charge in [0.2, 0.25) is 0 Å². The van der Waals surface area contributed by atoms with Crippen molar-refractivity contribution in [3.63, 3.8) is 0 Å². The van der Waals surface area contributed by atoms with E-state index in [1.165, 1.54) is 0 Å². The van der Waals surface area contributed by atoms with Crippen molar-refractivity contribution < 1.29 is 18.3 Å². The third-order valence-electron chi connectivity index (χ3n) is 2.09. The topological polar surface area (TPSA) is 66.8 Å². The molecule has 7 heteroatoms. The molecule has 100 valence electrons. The van der Waals surface area contributed by atoms with Crippen LogP contribution in [0.4, 0.5) is 10.5 Å². The molecule has 0 fully saturated rings. The Morgan fingerprint density at radius 2 is 2.28 bits per heavy atom. The number of ether oxygens (including phenoxy) is 1. The van der Waals surface area contributed by atoms with Gasteiger partial charge in [0.25, 0.3) is 11.3 Å². The zero-order chi connectivity index (χ0) is 13.5. The van der Waals surface area contributed by atoms with Crippen molar-refractivity contribution in [1.29, 1.82) is 0 Å². The number of hydrogen-bond acceptors (Lipinski definition) is 3. The van der Waals surface area contributed by atoms with E-state index < -0.39 is 17.4 Å². The number of anilines is 1. The Hall–Kier alpha value is -0.920. The lowest BCUT2D eigenvalue weighted by molar-refractivity contribution is 0.156. The van der Waals surface area contributed by atoms with Crippen molar-refractivity contribution in [1.82, 2.24) is 0 Å². The lowest BCUT2D eigenvalue weighted by Gasteiger charge is -2.17. The van der Waals surface area contributed by atoms with E-state index in [4.69, 9.17) is 9.29 Å². The van der Waals surface area contributed by atoms with E-state index in [1.54, 1.807) is 24.3 Å². The smallest absolute Gasteiger partial charge is 0.428 e. The Morgan fingerprint density at radius 3 is 2.83 bits per heavy atom. The highest BCUT2D eigenvalue weighted by atomic mass is 79.9. The van der Waals surface area contributed by atoms with Gasteiger partial charge in [0.15, 0.2) is 0 Å². The van der Waals surface area contributed by atoms with Crippen LogP contribution >= 0.6 is 15.9 Å². The summed E-state index contributed by atoms with van der Waals surface area (Å²) < 4.78 is 26.7. The zero-order valence-electron chi connectivity index (χ0n) is 9.84. The minimum absolute atomic E-state index is 0.233. The number of carbonyl (C=O) groups is 1. The summed E-state index contributed by atoms with van der Waals surface area (Å²) in [6, 6.07) is 6.54. The lowest BCUT2D eigenvalue weighted by atomic mass is 10.3. The second-order valence-corrected chi connectivity index (χ2v) is 5.22. The number of unbranched alkanes of at least 4 members (excludes halogenated alkanes) is 1. The molecule has 1 unspecified atom stereocenters. The van der Waals surface area contributed by atoms with E-state index >= 15 is 0 Å². The molecule has 0 spiro atoms. The van der Waals surface area contributed by atoms with Gasteiger partial charge in [-0.25, -0.2) is 9.00 Å². The van der Waals surface area contributed by atoms with Crippen molar-refractivity contribution in [2.24, 2.45) is 0 Å². The van der Waals surface area contributed by atoms with Crippen molar-refractivity contribution in [3.8, 4) is 0 Å². The van der Waals surface area contributed by atoms with Crippen LogP contribution in [0.2, 0.25) is 0 Å². The first-order chi connectivity index (χ1) is 8.56. The molecule has 1 aromatic rings. The summed E-state index contributed by atoms with van der Waals surface area (Å²) in [4.78, 5) is 11.7. The minimum Gasteiger partial charge on any atom is -0.448 e. The van der Waals surface area contributed by atoms with Gasteiger partial charge >= 0.3 is 6.09 Å². The Bertz CT molecular complexity index is 441. The first-order valence-corrected chi connectivity index (χ1v) is 7.25. The van der Waals surface area contributed by atoms with Gasteiger partial charge in [-0.05, 0) is 24.6 Å². The fourth-order valence-electron chi connectivity index (χ4n) is 1.22. The van der Waals surface area contributed by atoms with Crippen molar-refractivity contribution >= 4 is 39.0 Å². The number of amides is 1. The molecule has 1 N–H and O–H groups in total. The molecule has 0 bridgehead atoms. The summed E-state index contributed by atoms with van der Waals surface area (Å²) in [6.07, 6.45) is 0.769. The number of carbonyl (C=O) groups excluding carboxylic acids is 1. The number of hydrogen-bond donors (Lipinski definition) is 1. The van der Waals surface area contributed by atoms with Gasteiger partial charge in [-0.2, -0.15) is 4.31 Å². The third-order valence-corrected chi connectivity index (χ3v) is 3.25. The maximum absolute atomic E-state index is 11.7. The standard InChI is InChI=1S/C11H14BrNO4S/c1-2-3-7-17-11(14)13(18(15)16)10-6-4-5-9(12)8-10/h4-6,8H,2-3,7H2,1H3,(H,15,16). The summed E-state index contributed by atoms with van der Waals surface area (Å²) >= 11 is 0.773. The van der Waals surface area contributed by atoms with Crippen LogP contribution in [-0.4, -0.2) is 21.5 Å². The van der Waals surface area contributed by atoms with Crippen LogP contribution < -0.4 is 4.31 Å². The first kappa shape index (κ1) is 15.1. The molecule has 1 amide bonds. The van der Waals surface area contributed by atoms with Gasteiger partial charge in [-0.1, -0.05) is 35.3 Å². The van der Waals surface area contributed by atoms with E-state index in [9.17, 15) is 9.00 Å². The molecule has 1 atom stereocenters. The zero-order valence-corrected chi connectivity index (χ0v) is 12.2. The SMILES string of the molecule is CCCCOC(=O)N(c1cccc(Br)c1)S(=O)O. The van der Waals surface area contributed by atoms with E-state index in [2.05, 4.69) is 15.9 Å². The largest absolute Gasteiger partial charge is 0.448 e. The Morgan fingerprint density at radius 1 is 1.56 bits per heavy atom. The van der Waals surface area contributed by atoms with Gasteiger partial charge < -0.3 is 4.74 Å². The fraction of sp³-hybridized carbons (Fsp3) is 0.364. The van der Waals surface area contributed by atoms with Crippen LogP contribution in [-0.2, 0) is 16.0 Å². The van der Waals surface area contributed by atoms with Gasteiger partial charge in [0.1, 0.15) is 0 Å². The fourth-order valence-corrected chi connectivity index (χ4v) is 2.09. The quantitative estimate of drug-likeness (QED) is 0.662. The summed E-state index contributed by atoms with van der Waals surface area (Å²) in [5.74, 6) is 0. The molecule has 1 rings (SSSR count). The van der Waals surface area contributed by atoms with Gasteiger partial charge in [0.05, 0.1) is 12.3 Å². The summed E-state index contributed by atoms with van der Waals surface area (Å²) in [5, 5.41) is 0. The van der Waals surface area contributed by atoms with Crippen molar-refractivity contribution in [3.05, 3.63) is 28.7 Å². The molecule has 1 aromatic carbocycles. The summed E-state index contributed by atoms with van der Waals surface area (Å²) in [5.41, 5.74) is 0.298. The van der Waals surface area contributed by atoms with Crippen LogP contribution in [0, 0.1) is 0 Å². The molecule has 0 aliphatic carbocycles. The molecular formula is C11H14BrNO4S. The molecule has 18 heavy (non-hydrogen) atoms.